The van der Waals surface area contributed by atoms with Crippen LogP contribution in [0.4, 0.5) is 0 Å². The molecule has 0 radical (unpaired) electrons. The van der Waals surface area contributed by atoms with Gasteiger partial charge in [-0.15, -0.1) is 0 Å². The summed E-state index contributed by atoms with van der Waals surface area (Å²) in [6, 6.07) is 20.2. The number of halogens is 1. The van der Waals surface area contributed by atoms with Crippen molar-refractivity contribution in [3.05, 3.63) is 93.4 Å². The molecule has 0 atom stereocenters. The van der Waals surface area contributed by atoms with Crippen LogP contribution in [0.15, 0.2) is 71.5 Å². The zero-order valence-corrected chi connectivity index (χ0v) is 16.8. The summed E-state index contributed by atoms with van der Waals surface area (Å²) in [5.74, 6) is 0. The molecule has 2 aromatic carbocycles. The molecule has 3 aromatic rings. The maximum atomic E-state index is 12.8. The molecular weight excluding hydrogens is 370 g/mol. The molecule has 0 aliphatic carbocycles. The Morgan fingerprint density at radius 1 is 1.00 bits per heavy atom. The molecule has 0 spiro atoms. The number of hydrogen-bond donors (Lipinski definition) is 0. The molecule has 0 fully saturated rings. The SMILES string of the molecule is CCn1c(CN2CC=C(c3ccccc3)CC2)c(Cl)c(=O)n1-c1ccccc1. The first-order chi connectivity index (χ1) is 13.7. The Hall–Kier alpha value is -2.56. The maximum Gasteiger partial charge on any atom is 0.290 e. The lowest BCUT2D eigenvalue weighted by atomic mass is 9.99. The molecule has 0 unspecified atom stereocenters. The van der Waals surface area contributed by atoms with E-state index in [0.717, 1.165) is 30.9 Å². The molecule has 2 heterocycles. The van der Waals surface area contributed by atoms with Gasteiger partial charge in [-0.05, 0) is 36.6 Å². The fraction of sp³-hybridized carbons (Fsp3) is 0.261. The molecular formula is C23H24ClN3O. The van der Waals surface area contributed by atoms with Crippen molar-refractivity contribution in [1.29, 1.82) is 0 Å². The fourth-order valence-electron chi connectivity index (χ4n) is 3.85. The Morgan fingerprint density at radius 2 is 1.68 bits per heavy atom. The Balaban J connectivity index is 1.60. The summed E-state index contributed by atoms with van der Waals surface area (Å²) in [5.41, 5.74) is 4.25. The molecule has 144 valence electrons. The van der Waals surface area contributed by atoms with Gasteiger partial charge < -0.3 is 0 Å². The molecule has 4 rings (SSSR count). The van der Waals surface area contributed by atoms with Crippen LogP contribution in [0.2, 0.25) is 5.02 Å². The Labute approximate surface area is 170 Å². The van der Waals surface area contributed by atoms with E-state index in [-0.39, 0.29) is 5.56 Å². The summed E-state index contributed by atoms with van der Waals surface area (Å²) >= 11 is 6.50. The van der Waals surface area contributed by atoms with Gasteiger partial charge in [0.15, 0.2) is 0 Å². The second-order valence-electron chi connectivity index (χ2n) is 7.01. The minimum Gasteiger partial charge on any atom is -0.293 e. The first kappa shape index (κ1) is 18.8. The number of para-hydroxylation sites is 1. The van der Waals surface area contributed by atoms with Crippen molar-refractivity contribution >= 4 is 17.2 Å². The van der Waals surface area contributed by atoms with Gasteiger partial charge in [-0.2, -0.15) is 0 Å². The Kier molecular flexibility index (Phi) is 5.51. The molecule has 0 saturated heterocycles. The number of rotatable bonds is 5. The third-order valence-corrected chi connectivity index (χ3v) is 5.68. The smallest absolute Gasteiger partial charge is 0.290 e. The van der Waals surface area contributed by atoms with E-state index in [2.05, 4.69) is 35.2 Å². The third kappa shape index (κ3) is 3.58. The maximum absolute atomic E-state index is 12.8. The van der Waals surface area contributed by atoms with Crippen LogP contribution in [0.3, 0.4) is 0 Å². The van der Waals surface area contributed by atoms with Gasteiger partial charge in [0.1, 0.15) is 5.02 Å². The van der Waals surface area contributed by atoms with E-state index in [1.165, 1.54) is 11.1 Å². The van der Waals surface area contributed by atoms with Crippen molar-refractivity contribution in [2.45, 2.75) is 26.4 Å². The summed E-state index contributed by atoms with van der Waals surface area (Å²) in [6.45, 7) is 5.20. The molecule has 1 aliphatic rings. The molecule has 0 bridgehead atoms. The fourth-order valence-corrected chi connectivity index (χ4v) is 4.09. The molecule has 5 heteroatoms. The van der Waals surface area contributed by atoms with Crippen molar-refractivity contribution in [1.82, 2.24) is 14.3 Å². The van der Waals surface area contributed by atoms with Crippen molar-refractivity contribution in [3.63, 3.8) is 0 Å². The number of hydrogen-bond acceptors (Lipinski definition) is 2. The van der Waals surface area contributed by atoms with Crippen molar-refractivity contribution in [3.8, 4) is 5.69 Å². The molecule has 0 amide bonds. The first-order valence-electron chi connectivity index (χ1n) is 9.71. The highest BCUT2D eigenvalue weighted by Gasteiger charge is 2.22. The second-order valence-corrected chi connectivity index (χ2v) is 7.39. The highest BCUT2D eigenvalue weighted by atomic mass is 35.5. The minimum absolute atomic E-state index is 0.151. The molecule has 1 aromatic heterocycles. The van der Waals surface area contributed by atoms with Gasteiger partial charge in [0, 0.05) is 26.2 Å². The molecule has 4 nitrogen and oxygen atoms in total. The van der Waals surface area contributed by atoms with E-state index in [4.69, 9.17) is 11.6 Å². The number of nitrogens with zero attached hydrogens (tertiary/aromatic N) is 3. The van der Waals surface area contributed by atoms with Crippen molar-refractivity contribution in [2.75, 3.05) is 13.1 Å². The average molecular weight is 394 g/mol. The Bertz CT molecular complexity index is 1030. The summed E-state index contributed by atoms with van der Waals surface area (Å²) in [4.78, 5) is 15.2. The van der Waals surface area contributed by atoms with Crippen molar-refractivity contribution in [2.24, 2.45) is 0 Å². The monoisotopic (exact) mass is 393 g/mol. The van der Waals surface area contributed by atoms with E-state index in [9.17, 15) is 4.79 Å². The normalized spacial score (nSPS) is 14.9. The summed E-state index contributed by atoms with van der Waals surface area (Å²) in [6.07, 6.45) is 3.28. The summed E-state index contributed by atoms with van der Waals surface area (Å²) in [5, 5.41) is 0.323. The largest absolute Gasteiger partial charge is 0.293 e. The number of aromatic nitrogens is 2. The topological polar surface area (TPSA) is 30.2 Å². The van der Waals surface area contributed by atoms with Gasteiger partial charge in [-0.3, -0.25) is 14.4 Å². The van der Waals surface area contributed by atoms with Crippen LogP contribution < -0.4 is 5.56 Å². The van der Waals surface area contributed by atoms with Crippen molar-refractivity contribution < 1.29 is 0 Å². The molecule has 28 heavy (non-hydrogen) atoms. The predicted octanol–water partition coefficient (Wildman–Crippen LogP) is 4.60. The van der Waals surface area contributed by atoms with E-state index in [1.807, 2.05) is 48.0 Å². The highest BCUT2D eigenvalue weighted by molar-refractivity contribution is 6.31. The van der Waals surface area contributed by atoms with Crippen LogP contribution in [0, 0.1) is 0 Å². The van der Waals surface area contributed by atoms with Crippen LogP contribution in [0.5, 0.6) is 0 Å². The Morgan fingerprint density at radius 3 is 2.29 bits per heavy atom. The van der Waals surface area contributed by atoms with Gasteiger partial charge in [0.25, 0.3) is 5.56 Å². The van der Waals surface area contributed by atoms with Gasteiger partial charge in [-0.1, -0.05) is 66.2 Å². The highest BCUT2D eigenvalue weighted by Crippen LogP contribution is 2.24. The van der Waals surface area contributed by atoms with E-state index < -0.39 is 0 Å². The summed E-state index contributed by atoms with van der Waals surface area (Å²) < 4.78 is 3.68. The van der Waals surface area contributed by atoms with Crippen LogP contribution in [0.25, 0.3) is 11.3 Å². The third-order valence-electron chi connectivity index (χ3n) is 5.30. The van der Waals surface area contributed by atoms with Gasteiger partial charge in [0.2, 0.25) is 0 Å². The first-order valence-corrected chi connectivity index (χ1v) is 10.1. The van der Waals surface area contributed by atoms with Crippen LogP contribution in [0.1, 0.15) is 24.6 Å². The van der Waals surface area contributed by atoms with Crippen LogP contribution in [-0.2, 0) is 13.1 Å². The standard InChI is InChI=1S/C23H24ClN3O/c1-2-26-21(22(24)23(28)27(26)20-11-7-4-8-12-20)17-25-15-13-19(14-16-25)18-9-5-3-6-10-18/h3-13H,2,14-17H2,1H3. The quantitative estimate of drug-likeness (QED) is 0.634. The number of benzene rings is 2. The molecule has 0 saturated carbocycles. The van der Waals surface area contributed by atoms with Gasteiger partial charge in [0.05, 0.1) is 11.4 Å². The molecule has 0 N–H and O–H groups in total. The lowest BCUT2D eigenvalue weighted by Gasteiger charge is -2.27. The zero-order chi connectivity index (χ0) is 19.5. The predicted molar refractivity (Wildman–Crippen MR) is 115 cm³/mol. The zero-order valence-electron chi connectivity index (χ0n) is 16.0. The minimum atomic E-state index is -0.151. The van der Waals surface area contributed by atoms with E-state index >= 15 is 0 Å². The van der Waals surface area contributed by atoms with Crippen LogP contribution in [-0.4, -0.2) is 27.4 Å². The molecule has 1 aliphatic heterocycles. The lowest BCUT2D eigenvalue weighted by molar-refractivity contribution is 0.282. The second kappa shape index (κ2) is 8.21. The van der Waals surface area contributed by atoms with Gasteiger partial charge >= 0.3 is 0 Å². The average Bonchev–Trinajstić information content (AvgIpc) is 3.00. The summed E-state index contributed by atoms with van der Waals surface area (Å²) in [7, 11) is 0. The van der Waals surface area contributed by atoms with E-state index in [0.29, 0.717) is 18.1 Å². The van der Waals surface area contributed by atoms with Gasteiger partial charge in [-0.25, -0.2) is 4.68 Å². The van der Waals surface area contributed by atoms with Crippen LogP contribution >= 0.6 is 11.6 Å². The lowest BCUT2D eigenvalue weighted by Crippen LogP contribution is -2.29. The van der Waals surface area contributed by atoms with E-state index in [1.54, 1.807) is 4.68 Å².